The molecule has 10 aromatic carbocycles. The highest BCUT2D eigenvalue weighted by Gasteiger charge is 2.66. The van der Waals surface area contributed by atoms with Crippen molar-refractivity contribution < 1.29 is 4.42 Å². The predicted octanol–water partition coefficient (Wildman–Crippen LogP) is 20.9. The molecular weight excluding hydrogens is 955 g/mol. The summed E-state index contributed by atoms with van der Waals surface area (Å²) in [5.41, 5.74) is 25.2. The first kappa shape index (κ1) is 46.9. The zero-order valence-electron chi connectivity index (χ0n) is 45.2. The maximum atomic E-state index is 6.71. The summed E-state index contributed by atoms with van der Waals surface area (Å²) in [6, 6.07) is 91.3. The van der Waals surface area contributed by atoms with E-state index < -0.39 is 0 Å². The van der Waals surface area contributed by atoms with Crippen molar-refractivity contribution in [2.24, 2.45) is 5.92 Å². The van der Waals surface area contributed by atoms with Gasteiger partial charge in [0.2, 0.25) is 0 Å². The summed E-state index contributed by atoms with van der Waals surface area (Å²) < 4.78 is 6.71. The van der Waals surface area contributed by atoms with E-state index in [1.54, 1.807) is 27.8 Å². The van der Waals surface area contributed by atoms with Crippen LogP contribution in [-0.4, -0.2) is 0 Å². The lowest BCUT2D eigenvalue weighted by molar-refractivity contribution is 0.0571. The molecule has 16 rings (SSSR count). The fourth-order valence-corrected chi connectivity index (χ4v) is 17.8. The minimum Gasteiger partial charge on any atom is -0.454 e. The van der Waals surface area contributed by atoms with E-state index in [-0.39, 0.29) is 16.2 Å². The molecule has 79 heavy (non-hydrogen) atoms. The van der Waals surface area contributed by atoms with E-state index in [9.17, 15) is 0 Å². The summed E-state index contributed by atoms with van der Waals surface area (Å²) in [4.78, 5) is 2.37. The van der Waals surface area contributed by atoms with Crippen LogP contribution in [0.15, 0.2) is 241 Å². The van der Waals surface area contributed by atoms with Crippen LogP contribution >= 0.6 is 0 Å². The Labute approximate surface area is 465 Å². The van der Waals surface area contributed by atoms with Crippen molar-refractivity contribution in [3.63, 3.8) is 0 Å². The molecule has 2 nitrogen and oxygen atoms in total. The molecule has 2 heteroatoms. The third-order valence-electron chi connectivity index (χ3n) is 20.7. The average molecular weight is 1020 g/mol. The van der Waals surface area contributed by atoms with Crippen LogP contribution in [0.4, 0.5) is 17.1 Å². The fourth-order valence-electron chi connectivity index (χ4n) is 17.8. The predicted molar refractivity (Wildman–Crippen MR) is 328 cm³/mol. The Morgan fingerprint density at radius 1 is 0.392 bits per heavy atom. The topological polar surface area (TPSA) is 16.4 Å². The normalized spacial score (nSPS) is 23.5. The summed E-state index contributed by atoms with van der Waals surface area (Å²) in [6.45, 7) is 2.33. The van der Waals surface area contributed by atoms with Crippen molar-refractivity contribution in [2.75, 3.05) is 4.90 Å². The molecule has 5 aliphatic carbocycles. The smallest absolute Gasteiger partial charge is 0.159 e. The van der Waals surface area contributed by atoms with Gasteiger partial charge in [-0.1, -0.05) is 207 Å². The van der Waals surface area contributed by atoms with E-state index in [2.05, 4.69) is 248 Å². The highest BCUT2D eigenvalue weighted by Crippen LogP contribution is 2.73. The number of benzene rings is 10. The zero-order chi connectivity index (χ0) is 52.3. The number of furan rings is 1. The van der Waals surface area contributed by atoms with Gasteiger partial charge in [-0.3, -0.25) is 0 Å². The Bertz CT molecular complexity index is 4170. The summed E-state index contributed by atoms with van der Waals surface area (Å²) in [5.74, 6) is 1.21. The highest BCUT2D eigenvalue weighted by molar-refractivity contribution is 6.10. The molecule has 5 aliphatic rings. The molecule has 0 radical (unpaired) electrons. The number of hydrogen-bond acceptors (Lipinski definition) is 2. The van der Waals surface area contributed by atoms with Crippen LogP contribution in [0.2, 0.25) is 0 Å². The van der Waals surface area contributed by atoms with Crippen molar-refractivity contribution in [3.05, 3.63) is 270 Å². The molecular formula is C77H65NO. The third kappa shape index (κ3) is 7.02. The number of hydrogen-bond donors (Lipinski definition) is 0. The van der Waals surface area contributed by atoms with Gasteiger partial charge in [-0.05, 0) is 196 Å². The monoisotopic (exact) mass is 1020 g/mol. The summed E-state index contributed by atoms with van der Waals surface area (Å²) in [6.07, 6.45) is 11.9. The Hall–Kier alpha value is -8.20. The van der Waals surface area contributed by atoms with Gasteiger partial charge in [-0.2, -0.15) is 0 Å². The van der Waals surface area contributed by atoms with Crippen LogP contribution in [0.25, 0.3) is 66.4 Å². The van der Waals surface area contributed by atoms with Gasteiger partial charge >= 0.3 is 0 Å². The Morgan fingerprint density at radius 3 is 1.61 bits per heavy atom. The zero-order valence-corrected chi connectivity index (χ0v) is 45.2. The van der Waals surface area contributed by atoms with E-state index in [0.717, 1.165) is 45.4 Å². The quantitative estimate of drug-likeness (QED) is 0.165. The molecule has 4 bridgehead atoms. The number of para-hydroxylation sites is 3. The molecule has 0 saturated heterocycles. The molecule has 1 heterocycles. The summed E-state index contributed by atoms with van der Waals surface area (Å²) >= 11 is 0. The molecule has 0 N–H and O–H groups in total. The van der Waals surface area contributed by atoms with Crippen molar-refractivity contribution in [1.82, 2.24) is 0 Å². The first-order valence-corrected chi connectivity index (χ1v) is 29.5. The van der Waals surface area contributed by atoms with Crippen molar-refractivity contribution in [2.45, 2.75) is 99.2 Å². The van der Waals surface area contributed by atoms with Crippen LogP contribution < -0.4 is 4.90 Å². The molecule has 1 aromatic heterocycles. The molecule has 0 aliphatic heterocycles. The van der Waals surface area contributed by atoms with Crippen molar-refractivity contribution in [1.29, 1.82) is 0 Å². The molecule has 0 amide bonds. The second-order valence-corrected chi connectivity index (χ2v) is 24.3. The largest absolute Gasteiger partial charge is 0.454 e. The van der Waals surface area contributed by atoms with Gasteiger partial charge in [0.05, 0.1) is 5.69 Å². The van der Waals surface area contributed by atoms with Crippen LogP contribution in [0.5, 0.6) is 0 Å². The number of nitrogens with zero attached hydrogens (tertiary/aromatic N) is 1. The molecule has 2 spiro atoms. The molecule has 3 saturated carbocycles. The van der Waals surface area contributed by atoms with Gasteiger partial charge in [0, 0.05) is 38.4 Å². The van der Waals surface area contributed by atoms with E-state index in [1.807, 2.05) is 0 Å². The molecule has 3 fully saturated rings. The van der Waals surface area contributed by atoms with Crippen LogP contribution in [0, 0.1) is 12.8 Å². The average Bonchev–Trinajstić information content (AvgIpc) is 2.42. The second kappa shape index (κ2) is 18.2. The highest BCUT2D eigenvalue weighted by atomic mass is 16.3. The Morgan fingerprint density at radius 2 is 0.911 bits per heavy atom. The standard InChI is InChI=1S/C77H65NO/c1-51-20-5-6-23-58(51)63-28-11-14-32-68(63)75-44-17-18-45-76-47-43-55(50-77(74(75)76)49-54(42-46-75)59-24-7-9-26-61(59)64-29-12-15-33-69(64)77)60-25-8-10-27-62(60)65-41-38-53(48-70(65)76)52-36-39-57(40-37-52)78(56-21-3-2-4-22-56)71-34-19-31-67-66-30-13-16-35-72(66)79-73(67)71/h2-16,19-41,48,54-55,74H,17-18,42-47,49-50H2,1H3. The van der Waals surface area contributed by atoms with E-state index >= 15 is 0 Å². The van der Waals surface area contributed by atoms with Crippen LogP contribution in [-0.2, 0) is 16.2 Å². The number of rotatable bonds is 6. The first-order chi connectivity index (χ1) is 39.0. The van der Waals surface area contributed by atoms with Gasteiger partial charge in [-0.15, -0.1) is 0 Å². The van der Waals surface area contributed by atoms with Gasteiger partial charge in [0.1, 0.15) is 5.58 Å². The SMILES string of the molecule is Cc1ccccc1-c1ccccc1C12CCCCC34CCC(CC5(CC(CC1)c1ccccc1-c1ccccc15)C23)c1ccccc1-c1ccc(-c2ccc(N(c3ccccc3)c3cccc5c3oc3ccccc35)cc2)cc14. The fraction of sp³-hybridized carbons (Fsp3) is 0.221. The van der Waals surface area contributed by atoms with Gasteiger partial charge in [0.25, 0.3) is 0 Å². The number of anilines is 3. The van der Waals surface area contributed by atoms with Crippen LogP contribution in [0.3, 0.4) is 0 Å². The van der Waals surface area contributed by atoms with Crippen molar-refractivity contribution in [3.8, 4) is 44.5 Å². The maximum Gasteiger partial charge on any atom is 0.159 e. The third-order valence-corrected chi connectivity index (χ3v) is 20.7. The van der Waals surface area contributed by atoms with Gasteiger partial charge in [0.15, 0.2) is 5.58 Å². The second-order valence-electron chi connectivity index (χ2n) is 24.3. The van der Waals surface area contributed by atoms with Crippen LogP contribution in [0.1, 0.15) is 109 Å². The summed E-state index contributed by atoms with van der Waals surface area (Å²) in [5, 5.41) is 2.26. The first-order valence-electron chi connectivity index (χ1n) is 29.5. The summed E-state index contributed by atoms with van der Waals surface area (Å²) in [7, 11) is 0. The number of fused-ring (bicyclic) bond motifs is 14. The maximum absolute atomic E-state index is 6.71. The van der Waals surface area contributed by atoms with E-state index in [4.69, 9.17) is 4.42 Å². The lowest BCUT2D eigenvalue weighted by Gasteiger charge is -2.58. The van der Waals surface area contributed by atoms with Gasteiger partial charge < -0.3 is 9.32 Å². The molecule has 11 aromatic rings. The van der Waals surface area contributed by atoms with Crippen molar-refractivity contribution >= 4 is 39.0 Å². The lowest BCUT2D eigenvalue weighted by atomic mass is 9.44. The van der Waals surface area contributed by atoms with E-state index in [1.165, 1.54) is 108 Å². The minimum atomic E-state index is -0.128. The molecule has 6 atom stereocenters. The Balaban J connectivity index is 0.944. The van der Waals surface area contributed by atoms with E-state index in [0.29, 0.717) is 17.8 Å². The molecule has 384 valence electrons. The molecule has 6 unspecified atom stereocenters. The Kier molecular flexibility index (Phi) is 10.8. The number of aryl methyl sites for hydroxylation is 1. The minimum absolute atomic E-state index is 0.104. The lowest BCUT2D eigenvalue weighted by Crippen LogP contribution is -2.56. The van der Waals surface area contributed by atoms with Gasteiger partial charge in [-0.25, -0.2) is 0 Å².